The number of hydrogen-bond donors (Lipinski definition) is 3. The fourth-order valence-corrected chi connectivity index (χ4v) is 5.85. The molecule has 5 aromatic rings. The summed E-state index contributed by atoms with van der Waals surface area (Å²) in [6.45, 7) is -0.426. The van der Waals surface area contributed by atoms with Gasteiger partial charge in [-0.05, 0) is 59.2 Å². The molecule has 1 saturated heterocycles. The SMILES string of the molecule is COc1ccc(C(OC[C@H]2O[C@@H](n3ccc(NC(=O)c4ccccc4)nc3=O)[C@@](O)(F)[C@@H]2O)(c2ccccc2)c2ccc(OC)cc2)cc1. The molecule has 0 radical (unpaired) electrons. The normalized spacial score (nSPS) is 20.5. The van der Waals surface area contributed by atoms with Crippen LogP contribution in [-0.2, 0) is 15.1 Å². The number of carbonyl (C=O) groups excluding carboxylic acids is 1. The molecule has 6 rings (SSSR count). The molecule has 1 fully saturated rings. The summed E-state index contributed by atoms with van der Waals surface area (Å²) in [5, 5.41) is 24.4. The summed E-state index contributed by atoms with van der Waals surface area (Å²) in [5.41, 5.74) is 0.0456. The monoisotopic (exact) mass is 667 g/mol. The second-order valence-corrected chi connectivity index (χ2v) is 11.3. The lowest BCUT2D eigenvalue weighted by Gasteiger charge is -2.37. The number of nitrogens with zero attached hydrogens (tertiary/aromatic N) is 2. The molecular weight excluding hydrogens is 633 g/mol. The average molecular weight is 668 g/mol. The highest BCUT2D eigenvalue weighted by atomic mass is 19.2. The van der Waals surface area contributed by atoms with Gasteiger partial charge in [0.15, 0.2) is 6.23 Å². The number of methoxy groups -OCH3 is 2. The lowest BCUT2D eigenvalue weighted by Crippen LogP contribution is -2.46. The van der Waals surface area contributed by atoms with Crippen molar-refractivity contribution in [2.45, 2.75) is 29.9 Å². The highest BCUT2D eigenvalue weighted by Crippen LogP contribution is 2.44. The van der Waals surface area contributed by atoms with Crippen LogP contribution in [0.1, 0.15) is 33.3 Å². The molecular formula is C37H34FN3O8. The van der Waals surface area contributed by atoms with Gasteiger partial charge in [0.1, 0.15) is 35.1 Å². The van der Waals surface area contributed by atoms with Gasteiger partial charge < -0.3 is 34.5 Å². The second kappa shape index (κ2) is 14.0. The summed E-state index contributed by atoms with van der Waals surface area (Å²) in [4.78, 5) is 29.4. The maximum absolute atomic E-state index is 15.9. The van der Waals surface area contributed by atoms with Crippen LogP contribution < -0.4 is 20.5 Å². The van der Waals surface area contributed by atoms with Gasteiger partial charge in [-0.3, -0.25) is 9.36 Å². The van der Waals surface area contributed by atoms with Gasteiger partial charge in [-0.1, -0.05) is 72.8 Å². The van der Waals surface area contributed by atoms with E-state index < -0.39 is 48.1 Å². The Labute approximate surface area is 281 Å². The molecule has 0 unspecified atom stereocenters. The Balaban J connectivity index is 1.31. The number of aliphatic hydroxyl groups is 2. The molecule has 4 aromatic carbocycles. The van der Waals surface area contributed by atoms with Crippen LogP contribution in [0.4, 0.5) is 10.2 Å². The van der Waals surface area contributed by atoms with Crippen molar-refractivity contribution in [2.24, 2.45) is 0 Å². The molecule has 1 aliphatic rings. The van der Waals surface area contributed by atoms with E-state index in [1.807, 2.05) is 54.6 Å². The predicted octanol–water partition coefficient (Wildman–Crippen LogP) is 4.44. The van der Waals surface area contributed by atoms with Gasteiger partial charge in [-0.15, -0.1) is 0 Å². The van der Waals surface area contributed by atoms with Gasteiger partial charge in [0.2, 0.25) is 0 Å². The molecule has 0 bridgehead atoms. The maximum atomic E-state index is 15.9. The zero-order valence-electron chi connectivity index (χ0n) is 26.6. The molecule has 4 atom stereocenters. The smallest absolute Gasteiger partial charge is 0.351 e. The first-order valence-electron chi connectivity index (χ1n) is 15.4. The summed E-state index contributed by atoms with van der Waals surface area (Å²) < 4.78 is 39.9. The third-order valence-corrected chi connectivity index (χ3v) is 8.41. The predicted molar refractivity (Wildman–Crippen MR) is 177 cm³/mol. The number of alkyl halides is 1. The van der Waals surface area contributed by atoms with Crippen LogP contribution in [0.2, 0.25) is 0 Å². The minimum absolute atomic E-state index is 0.0949. The fraction of sp³-hybridized carbons (Fsp3) is 0.216. The van der Waals surface area contributed by atoms with Crippen molar-refractivity contribution in [3.8, 4) is 11.5 Å². The number of hydrogen-bond acceptors (Lipinski definition) is 9. The fourth-order valence-electron chi connectivity index (χ4n) is 5.85. The Morgan fingerprint density at radius 2 is 1.41 bits per heavy atom. The number of aliphatic hydroxyl groups excluding tert-OH is 1. The number of benzene rings is 4. The zero-order chi connectivity index (χ0) is 34.6. The van der Waals surface area contributed by atoms with Crippen molar-refractivity contribution in [2.75, 3.05) is 26.1 Å². The number of nitrogens with one attached hydrogen (secondary N) is 1. The van der Waals surface area contributed by atoms with Crippen LogP contribution in [0.25, 0.3) is 0 Å². The van der Waals surface area contributed by atoms with E-state index in [4.69, 9.17) is 18.9 Å². The van der Waals surface area contributed by atoms with E-state index in [1.165, 1.54) is 6.07 Å². The molecule has 0 spiro atoms. The van der Waals surface area contributed by atoms with E-state index in [9.17, 15) is 19.8 Å². The number of halogens is 1. The number of aromatic nitrogens is 2. The molecule has 0 saturated carbocycles. The zero-order valence-corrected chi connectivity index (χ0v) is 26.6. The molecule has 49 heavy (non-hydrogen) atoms. The van der Waals surface area contributed by atoms with E-state index in [2.05, 4.69) is 10.3 Å². The third-order valence-electron chi connectivity index (χ3n) is 8.41. The molecule has 11 nitrogen and oxygen atoms in total. The number of rotatable bonds is 11. The summed E-state index contributed by atoms with van der Waals surface area (Å²) >= 11 is 0. The van der Waals surface area contributed by atoms with Crippen LogP contribution in [0.15, 0.2) is 126 Å². The van der Waals surface area contributed by atoms with E-state index in [0.29, 0.717) is 38.3 Å². The molecule has 1 aromatic heterocycles. The highest BCUT2D eigenvalue weighted by molar-refractivity contribution is 6.03. The summed E-state index contributed by atoms with van der Waals surface area (Å²) in [5.74, 6) is -2.78. The maximum Gasteiger partial charge on any atom is 0.351 e. The minimum Gasteiger partial charge on any atom is -0.497 e. The Bertz CT molecular complexity index is 1890. The van der Waals surface area contributed by atoms with Crippen molar-refractivity contribution < 1.29 is 38.3 Å². The second-order valence-electron chi connectivity index (χ2n) is 11.3. The first kappa shape index (κ1) is 33.5. The molecule has 0 aliphatic carbocycles. The van der Waals surface area contributed by atoms with Crippen LogP contribution in [0.5, 0.6) is 11.5 Å². The Kier molecular flexibility index (Phi) is 9.56. The largest absolute Gasteiger partial charge is 0.497 e. The first-order chi connectivity index (χ1) is 23.7. The van der Waals surface area contributed by atoms with E-state index >= 15 is 4.39 Å². The van der Waals surface area contributed by atoms with Gasteiger partial charge in [0, 0.05) is 11.8 Å². The van der Waals surface area contributed by atoms with Gasteiger partial charge in [0.05, 0.1) is 20.8 Å². The van der Waals surface area contributed by atoms with Crippen molar-refractivity contribution >= 4 is 11.7 Å². The average Bonchev–Trinajstić information content (AvgIpc) is 3.36. The van der Waals surface area contributed by atoms with Crippen LogP contribution in [0, 0.1) is 0 Å². The number of ether oxygens (including phenoxy) is 4. The van der Waals surface area contributed by atoms with Crippen molar-refractivity contribution in [3.05, 3.63) is 154 Å². The summed E-state index contributed by atoms with van der Waals surface area (Å²) in [6, 6.07) is 33.3. The molecule has 1 aliphatic heterocycles. The topological polar surface area (TPSA) is 141 Å². The Morgan fingerprint density at radius 3 is 1.94 bits per heavy atom. The van der Waals surface area contributed by atoms with Crippen LogP contribution >= 0.6 is 0 Å². The van der Waals surface area contributed by atoms with Gasteiger partial charge in [0.25, 0.3) is 11.8 Å². The number of carbonyl (C=O) groups is 1. The van der Waals surface area contributed by atoms with Gasteiger partial charge in [-0.2, -0.15) is 4.98 Å². The van der Waals surface area contributed by atoms with Crippen LogP contribution in [-0.4, -0.2) is 64.6 Å². The molecule has 1 amide bonds. The van der Waals surface area contributed by atoms with E-state index in [1.54, 1.807) is 68.8 Å². The first-order valence-corrected chi connectivity index (χ1v) is 15.4. The molecule has 2 heterocycles. The molecule has 252 valence electrons. The third kappa shape index (κ3) is 6.54. The lowest BCUT2D eigenvalue weighted by molar-refractivity contribution is -0.197. The van der Waals surface area contributed by atoms with Gasteiger partial charge >= 0.3 is 5.69 Å². The quantitative estimate of drug-likeness (QED) is 0.174. The van der Waals surface area contributed by atoms with E-state index in [0.717, 1.165) is 6.20 Å². The Morgan fingerprint density at radius 1 is 0.878 bits per heavy atom. The number of anilines is 1. The summed E-state index contributed by atoms with van der Waals surface area (Å²) in [7, 11) is 3.11. The Hall–Kier alpha value is -5.40. The number of amides is 1. The van der Waals surface area contributed by atoms with Crippen molar-refractivity contribution in [1.82, 2.24) is 9.55 Å². The van der Waals surface area contributed by atoms with Crippen LogP contribution in [0.3, 0.4) is 0 Å². The lowest BCUT2D eigenvalue weighted by atomic mass is 9.80. The van der Waals surface area contributed by atoms with Crippen molar-refractivity contribution in [1.29, 1.82) is 0 Å². The standard InChI is InChI=1S/C37H34FN3O8/c1-46-28-17-13-26(14-18-28)36(25-11-7-4-8-12-25,27-15-19-29(47-2)20-16-27)48-23-30-32(42)37(38,45)34(49-30)41-22-21-31(40-35(41)44)39-33(43)24-9-5-3-6-10-24/h3-22,30,32,34,42,45H,23H2,1-2H3,(H,39,40,43,44)/t30-,32-,34-,37-/m1/s1. The van der Waals surface area contributed by atoms with Crippen molar-refractivity contribution in [3.63, 3.8) is 0 Å². The molecule has 12 heteroatoms. The highest BCUT2D eigenvalue weighted by Gasteiger charge is 2.58. The molecule has 3 N–H and O–H groups in total. The van der Waals surface area contributed by atoms with E-state index in [-0.39, 0.29) is 5.82 Å². The minimum atomic E-state index is -3.41. The van der Waals surface area contributed by atoms with Gasteiger partial charge in [-0.25, -0.2) is 9.18 Å². The summed E-state index contributed by atoms with van der Waals surface area (Å²) in [6.07, 6.45) is -4.43.